The van der Waals surface area contributed by atoms with Crippen molar-refractivity contribution in [3.63, 3.8) is 0 Å². The maximum Gasteiger partial charge on any atom is 0.137 e. The quantitative estimate of drug-likeness (QED) is 0.886. The first-order valence-corrected chi connectivity index (χ1v) is 8.49. The summed E-state index contributed by atoms with van der Waals surface area (Å²) >= 11 is 1.80. The first kappa shape index (κ1) is 14.3. The highest BCUT2D eigenvalue weighted by atomic mass is 32.1. The Labute approximate surface area is 130 Å². The normalized spacial score (nSPS) is 14.4. The maximum atomic E-state index is 6.11. The zero-order valence-electron chi connectivity index (χ0n) is 12.7. The number of aromatic nitrogens is 2. The molecule has 0 bridgehead atoms. The van der Waals surface area contributed by atoms with Crippen molar-refractivity contribution in [3.05, 3.63) is 33.8 Å². The van der Waals surface area contributed by atoms with Gasteiger partial charge in [0.15, 0.2) is 0 Å². The van der Waals surface area contributed by atoms with Gasteiger partial charge in [0.1, 0.15) is 17.5 Å². The van der Waals surface area contributed by atoms with Gasteiger partial charge in [-0.1, -0.05) is 13.0 Å². The van der Waals surface area contributed by atoms with Gasteiger partial charge in [-0.15, -0.1) is 11.3 Å². The van der Waals surface area contributed by atoms with Crippen molar-refractivity contribution in [3.8, 4) is 0 Å². The van der Waals surface area contributed by atoms with E-state index in [9.17, 15) is 0 Å². The average Bonchev–Trinajstić information content (AvgIpc) is 3.18. The molecule has 2 N–H and O–H groups in total. The second-order valence-electron chi connectivity index (χ2n) is 5.66. The van der Waals surface area contributed by atoms with Crippen LogP contribution in [0.3, 0.4) is 0 Å². The second kappa shape index (κ2) is 6.02. The zero-order valence-corrected chi connectivity index (χ0v) is 13.5. The summed E-state index contributed by atoms with van der Waals surface area (Å²) in [5.41, 5.74) is 7.12. The molecule has 4 nitrogen and oxygen atoms in total. The molecule has 2 heterocycles. The first-order chi connectivity index (χ1) is 10.2. The third-order valence-electron chi connectivity index (χ3n) is 3.84. The number of nitrogen functional groups attached to an aromatic ring is 1. The van der Waals surface area contributed by atoms with Gasteiger partial charge in [-0.05, 0) is 37.6 Å². The number of thiophene rings is 1. The van der Waals surface area contributed by atoms with E-state index in [-0.39, 0.29) is 0 Å². The van der Waals surface area contributed by atoms with Crippen LogP contribution in [-0.2, 0) is 13.0 Å². The third kappa shape index (κ3) is 3.18. The smallest absolute Gasteiger partial charge is 0.137 e. The molecule has 0 aliphatic heterocycles. The Bertz CT molecular complexity index is 605. The van der Waals surface area contributed by atoms with Crippen LogP contribution in [0, 0.1) is 6.92 Å². The number of rotatable bonds is 6. The molecule has 21 heavy (non-hydrogen) atoms. The van der Waals surface area contributed by atoms with Crippen molar-refractivity contribution >= 4 is 23.0 Å². The van der Waals surface area contributed by atoms with E-state index in [0.29, 0.717) is 11.9 Å². The van der Waals surface area contributed by atoms with Crippen LogP contribution in [0.2, 0.25) is 0 Å². The van der Waals surface area contributed by atoms with Crippen molar-refractivity contribution in [2.75, 3.05) is 10.6 Å². The summed E-state index contributed by atoms with van der Waals surface area (Å²) in [6, 6.07) is 4.90. The van der Waals surface area contributed by atoms with Gasteiger partial charge in [-0.3, -0.25) is 0 Å². The molecule has 0 atom stereocenters. The molecule has 1 fully saturated rings. The van der Waals surface area contributed by atoms with E-state index >= 15 is 0 Å². The molecule has 0 aromatic carbocycles. The molecule has 0 spiro atoms. The highest BCUT2D eigenvalue weighted by Gasteiger charge is 2.32. The summed E-state index contributed by atoms with van der Waals surface area (Å²) in [4.78, 5) is 13.0. The minimum absolute atomic E-state index is 0.606. The Hall–Kier alpha value is -1.62. The summed E-state index contributed by atoms with van der Waals surface area (Å²) < 4.78 is 0. The maximum absolute atomic E-state index is 6.11. The number of aryl methyl sites for hydroxylation is 1. The SMILES string of the molecule is CCCc1nc(N)c(C)c(N(Cc2cccs2)C2CC2)n1. The lowest BCUT2D eigenvalue weighted by Gasteiger charge is -2.25. The number of hydrogen-bond acceptors (Lipinski definition) is 5. The lowest BCUT2D eigenvalue weighted by Crippen LogP contribution is -2.27. The summed E-state index contributed by atoms with van der Waals surface area (Å²) in [7, 11) is 0. The molecule has 1 aliphatic carbocycles. The highest BCUT2D eigenvalue weighted by molar-refractivity contribution is 7.09. The molecule has 1 aliphatic rings. The van der Waals surface area contributed by atoms with Crippen LogP contribution in [0.1, 0.15) is 42.5 Å². The van der Waals surface area contributed by atoms with Gasteiger partial charge in [0.05, 0.1) is 6.54 Å². The van der Waals surface area contributed by atoms with Gasteiger partial charge in [-0.25, -0.2) is 9.97 Å². The van der Waals surface area contributed by atoms with E-state index in [1.165, 1.54) is 17.7 Å². The Balaban J connectivity index is 1.94. The minimum atomic E-state index is 0.606. The fraction of sp³-hybridized carbons (Fsp3) is 0.500. The van der Waals surface area contributed by atoms with E-state index < -0.39 is 0 Å². The largest absolute Gasteiger partial charge is 0.383 e. The predicted molar refractivity (Wildman–Crippen MR) is 88.7 cm³/mol. The second-order valence-corrected chi connectivity index (χ2v) is 6.69. The number of anilines is 2. The Kier molecular flexibility index (Phi) is 4.10. The molecular formula is C16H22N4S. The lowest BCUT2D eigenvalue weighted by molar-refractivity contribution is 0.758. The van der Waals surface area contributed by atoms with Crippen molar-refractivity contribution in [1.29, 1.82) is 0 Å². The number of hydrogen-bond donors (Lipinski definition) is 1. The molecule has 0 saturated heterocycles. The standard InChI is InChI=1S/C16H22N4S/c1-3-5-14-18-15(17)11(2)16(19-14)20(12-7-8-12)10-13-6-4-9-21-13/h4,6,9,12H,3,5,7-8,10H2,1-2H3,(H2,17,18,19). The summed E-state index contributed by atoms with van der Waals surface area (Å²) in [6.07, 6.45) is 4.42. The molecule has 5 heteroatoms. The molecule has 1 saturated carbocycles. The molecule has 0 radical (unpaired) electrons. The summed E-state index contributed by atoms with van der Waals surface area (Å²) in [5.74, 6) is 2.52. The Morgan fingerprint density at radius 2 is 2.19 bits per heavy atom. The fourth-order valence-electron chi connectivity index (χ4n) is 2.52. The molecule has 112 valence electrons. The number of nitrogens with zero attached hydrogens (tertiary/aromatic N) is 3. The highest BCUT2D eigenvalue weighted by Crippen LogP contribution is 2.35. The van der Waals surface area contributed by atoms with Crippen LogP contribution < -0.4 is 10.6 Å². The molecule has 2 aromatic heterocycles. The van der Waals surface area contributed by atoms with Crippen molar-refractivity contribution in [2.45, 2.75) is 52.1 Å². The molecule has 0 unspecified atom stereocenters. The molecular weight excluding hydrogens is 280 g/mol. The van der Waals surface area contributed by atoms with Crippen molar-refractivity contribution < 1.29 is 0 Å². The third-order valence-corrected chi connectivity index (χ3v) is 4.70. The average molecular weight is 302 g/mol. The molecule has 3 rings (SSSR count). The summed E-state index contributed by atoms with van der Waals surface area (Å²) in [6.45, 7) is 5.10. The zero-order chi connectivity index (χ0) is 14.8. The van der Waals surface area contributed by atoms with Crippen LogP contribution in [0.15, 0.2) is 17.5 Å². The fourth-order valence-corrected chi connectivity index (χ4v) is 3.22. The van der Waals surface area contributed by atoms with Gasteiger partial charge in [0, 0.05) is 22.9 Å². The van der Waals surface area contributed by atoms with Crippen LogP contribution in [-0.4, -0.2) is 16.0 Å². The van der Waals surface area contributed by atoms with Gasteiger partial charge in [-0.2, -0.15) is 0 Å². The van der Waals surface area contributed by atoms with Crippen molar-refractivity contribution in [2.24, 2.45) is 0 Å². The monoisotopic (exact) mass is 302 g/mol. The number of nitrogens with two attached hydrogens (primary N) is 1. The van der Waals surface area contributed by atoms with Gasteiger partial charge in [0.25, 0.3) is 0 Å². The predicted octanol–water partition coefficient (Wildman–Crippen LogP) is 3.55. The van der Waals surface area contributed by atoms with Crippen LogP contribution in [0.25, 0.3) is 0 Å². The van der Waals surface area contributed by atoms with Gasteiger partial charge >= 0.3 is 0 Å². The van der Waals surface area contributed by atoms with Crippen molar-refractivity contribution in [1.82, 2.24) is 9.97 Å². The van der Waals surface area contributed by atoms with Gasteiger partial charge in [0.2, 0.25) is 0 Å². The van der Waals surface area contributed by atoms with E-state index in [2.05, 4.69) is 34.3 Å². The topological polar surface area (TPSA) is 55.0 Å². The van der Waals surface area contributed by atoms with E-state index in [0.717, 1.165) is 36.6 Å². The Morgan fingerprint density at radius 1 is 1.38 bits per heavy atom. The van der Waals surface area contributed by atoms with Gasteiger partial charge < -0.3 is 10.6 Å². The molecule has 0 amide bonds. The van der Waals surface area contributed by atoms with E-state index in [4.69, 9.17) is 10.7 Å². The van der Waals surface area contributed by atoms with Crippen LogP contribution in [0.4, 0.5) is 11.6 Å². The van der Waals surface area contributed by atoms with Crippen LogP contribution in [0.5, 0.6) is 0 Å². The lowest BCUT2D eigenvalue weighted by atomic mass is 10.2. The summed E-state index contributed by atoms with van der Waals surface area (Å²) in [5, 5.41) is 2.13. The van der Waals surface area contributed by atoms with E-state index in [1.807, 2.05) is 6.92 Å². The first-order valence-electron chi connectivity index (χ1n) is 7.61. The Morgan fingerprint density at radius 3 is 2.81 bits per heavy atom. The molecule has 2 aromatic rings. The van der Waals surface area contributed by atoms with Crippen LogP contribution >= 0.6 is 11.3 Å². The minimum Gasteiger partial charge on any atom is -0.383 e. The van der Waals surface area contributed by atoms with E-state index in [1.54, 1.807) is 11.3 Å².